The van der Waals surface area contributed by atoms with E-state index in [1.165, 1.54) is 11.3 Å². The van der Waals surface area contributed by atoms with Gasteiger partial charge >= 0.3 is 0 Å². The number of thiazole rings is 1. The quantitative estimate of drug-likeness (QED) is 0.386. The number of rotatable bonds is 7. The Balaban J connectivity index is 1.60. The highest BCUT2D eigenvalue weighted by Gasteiger charge is 2.27. The van der Waals surface area contributed by atoms with Crippen LogP contribution in [0.15, 0.2) is 47.3 Å². The largest absolute Gasteiger partial charge is 0.393 e. The second kappa shape index (κ2) is 9.19. The summed E-state index contributed by atoms with van der Waals surface area (Å²) in [5.41, 5.74) is 5.63. The molecule has 0 aromatic carbocycles. The first-order valence-electron chi connectivity index (χ1n) is 9.89. The number of carbonyl (C=O) groups excluding carboxylic acids is 1. The van der Waals surface area contributed by atoms with Crippen molar-refractivity contribution in [3.8, 4) is 11.4 Å². The van der Waals surface area contributed by atoms with Crippen molar-refractivity contribution in [1.29, 1.82) is 0 Å². The molecule has 0 radical (unpaired) electrons. The number of pyridine rings is 1. The van der Waals surface area contributed by atoms with Crippen LogP contribution < -0.4 is 10.7 Å². The molecular weight excluding hydrogens is 414 g/mol. The van der Waals surface area contributed by atoms with Gasteiger partial charge in [0.2, 0.25) is 0 Å². The van der Waals surface area contributed by atoms with Gasteiger partial charge in [-0.2, -0.15) is 10.2 Å². The first-order chi connectivity index (χ1) is 15.0. The highest BCUT2D eigenvalue weighted by Crippen LogP contribution is 2.33. The Bertz CT molecular complexity index is 1110. The predicted octanol–water partition coefficient (Wildman–Crippen LogP) is 3.31. The number of hydrazone groups is 1. The molecule has 1 aliphatic rings. The van der Waals surface area contributed by atoms with Gasteiger partial charge in [0.15, 0.2) is 0 Å². The van der Waals surface area contributed by atoms with E-state index in [9.17, 15) is 9.90 Å². The fourth-order valence-corrected chi connectivity index (χ4v) is 4.27. The molecular formula is C21H23N7O2S. The highest BCUT2D eigenvalue weighted by atomic mass is 32.1. The van der Waals surface area contributed by atoms with Crippen LogP contribution in [0.25, 0.3) is 17.0 Å². The van der Waals surface area contributed by atoms with Gasteiger partial charge in [-0.15, -0.1) is 11.3 Å². The Hall–Kier alpha value is -3.37. The molecule has 1 aliphatic carbocycles. The molecule has 9 nitrogen and oxygen atoms in total. The number of allylic oxidation sites excluding steroid dienone is 1. The lowest BCUT2D eigenvalue weighted by atomic mass is 10.2. The third kappa shape index (κ3) is 4.70. The first kappa shape index (κ1) is 20.9. The van der Waals surface area contributed by atoms with Crippen LogP contribution >= 0.6 is 11.3 Å². The second-order valence-electron chi connectivity index (χ2n) is 7.31. The zero-order chi connectivity index (χ0) is 21.8. The molecule has 160 valence electrons. The van der Waals surface area contributed by atoms with Crippen molar-refractivity contribution in [2.24, 2.45) is 5.10 Å². The minimum atomic E-state index is -0.326. The average molecular weight is 438 g/mol. The average Bonchev–Trinajstić information content (AvgIpc) is 3.52. The number of amides is 1. The molecule has 0 spiro atoms. The predicted molar refractivity (Wildman–Crippen MR) is 121 cm³/mol. The number of carbonyl (C=O) groups is 1. The summed E-state index contributed by atoms with van der Waals surface area (Å²) < 4.78 is 1.82. The molecule has 3 aromatic rings. The fourth-order valence-electron chi connectivity index (χ4n) is 3.49. The Morgan fingerprint density at radius 2 is 2.29 bits per heavy atom. The summed E-state index contributed by atoms with van der Waals surface area (Å²) in [5.74, 6) is -0.326. The van der Waals surface area contributed by atoms with Gasteiger partial charge in [0.1, 0.15) is 16.4 Å². The monoisotopic (exact) mass is 437 g/mol. The van der Waals surface area contributed by atoms with Crippen molar-refractivity contribution in [3.05, 3.63) is 52.9 Å². The Kier molecular flexibility index (Phi) is 6.19. The zero-order valence-electron chi connectivity index (χ0n) is 17.0. The summed E-state index contributed by atoms with van der Waals surface area (Å²) in [6, 6.07) is 5.64. The van der Waals surface area contributed by atoms with E-state index in [4.69, 9.17) is 0 Å². The number of nitrogens with one attached hydrogen (secondary N) is 2. The molecule has 1 amide bonds. The normalized spacial score (nSPS) is 18.7. The van der Waals surface area contributed by atoms with E-state index in [0.29, 0.717) is 34.2 Å². The van der Waals surface area contributed by atoms with Crippen molar-refractivity contribution in [2.75, 3.05) is 5.32 Å². The lowest BCUT2D eigenvalue weighted by Gasteiger charge is -2.09. The molecule has 1 saturated carbocycles. The summed E-state index contributed by atoms with van der Waals surface area (Å²) in [5, 5.41) is 23.5. The van der Waals surface area contributed by atoms with Crippen molar-refractivity contribution in [1.82, 2.24) is 25.2 Å². The van der Waals surface area contributed by atoms with E-state index in [2.05, 4.69) is 37.6 Å². The van der Waals surface area contributed by atoms with Gasteiger partial charge in [-0.05, 0) is 38.3 Å². The van der Waals surface area contributed by atoms with E-state index >= 15 is 0 Å². The number of aromatic nitrogens is 4. The summed E-state index contributed by atoms with van der Waals surface area (Å²) in [4.78, 5) is 21.7. The maximum absolute atomic E-state index is 12.9. The smallest absolute Gasteiger partial charge is 0.275 e. The van der Waals surface area contributed by atoms with Crippen LogP contribution in [0.4, 0.5) is 5.69 Å². The van der Waals surface area contributed by atoms with Crippen LogP contribution in [0, 0.1) is 0 Å². The topological polar surface area (TPSA) is 117 Å². The summed E-state index contributed by atoms with van der Waals surface area (Å²) in [6.45, 7) is 5.23. The molecule has 0 unspecified atom stereocenters. The van der Waals surface area contributed by atoms with Gasteiger partial charge in [0.25, 0.3) is 5.91 Å². The van der Waals surface area contributed by atoms with Crippen LogP contribution in [-0.4, -0.2) is 43.6 Å². The molecule has 10 heteroatoms. The Morgan fingerprint density at radius 3 is 3.00 bits per heavy atom. The van der Waals surface area contributed by atoms with E-state index in [0.717, 1.165) is 18.4 Å². The Labute approximate surface area is 183 Å². The lowest BCUT2D eigenvalue weighted by Crippen LogP contribution is -2.13. The number of aliphatic hydroxyl groups excluding tert-OH is 1. The first-order valence-corrected chi connectivity index (χ1v) is 10.8. The fraction of sp³-hybridized carbons (Fsp3) is 0.286. The van der Waals surface area contributed by atoms with Gasteiger partial charge in [-0.25, -0.2) is 4.98 Å². The molecule has 3 aromatic heterocycles. The van der Waals surface area contributed by atoms with Gasteiger partial charge in [0, 0.05) is 36.3 Å². The molecule has 31 heavy (non-hydrogen) atoms. The van der Waals surface area contributed by atoms with Gasteiger partial charge in [0.05, 0.1) is 23.5 Å². The van der Waals surface area contributed by atoms with Crippen molar-refractivity contribution < 1.29 is 9.90 Å². The van der Waals surface area contributed by atoms with Gasteiger partial charge < -0.3 is 10.4 Å². The van der Waals surface area contributed by atoms with Crippen LogP contribution in [0.5, 0.6) is 0 Å². The maximum atomic E-state index is 12.9. The Morgan fingerprint density at radius 1 is 1.42 bits per heavy atom. The third-order valence-corrected chi connectivity index (χ3v) is 6.06. The lowest BCUT2D eigenvalue weighted by molar-refractivity contribution is 0.102. The van der Waals surface area contributed by atoms with Crippen LogP contribution in [0.1, 0.15) is 47.7 Å². The van der Waals surface area contributed by atoms with Crippen molar-refractivity contribution in [3.63, 3.8) is 0 Å². The molecule has 0 bridgehead atoms. The number of aliphatic hydroxyl groups is 1. The molecule has 3 N–H and O–H groups in total. The number of nitrogens with zero attached hydrogens (tertiary/aromatic N) is 5. The molecule has 4 rings (SSSR count). The maximum Gasteiger partial charge on any atom is 0.275 e. The van der Waals surface area contributed by atoms with Crippen molar-refractivity contribution in [2.45, 2.75) is 38.3 Å². The molecule has 2 atom stereocenters. The van der Waals surface area contributed by atoms with Crippen LogP contribution in [0.3, 0.4) is 0 Å². The second-order valence-corrected chi connectivity index (χ2v) is 8.17. The van der Waals surface area contributed by atoms with E-state index < -0.39 is 0 Å². The standard InChI is InChI=1S/C21H23N7O2S/c1-13(10-24-22-2)21-26-18(12-31-21)20(30)25-17-11-28(14-6-7-15(29)9-14)27-19(17)16-5-3-4-8-23-16/h3-5,8,10-12,14-15,24,29H,2,6-7,9H2,1H3,(H,25,30)/b13-10+/t14-,15-/m0/s1. The van der Waals surface area contributed by atoms with E-state index in [1.807, 2.05) is 36.0 Å². The zero-order valence-corrected chi connectivity index (χ0v) is 17.8. The van der Waals surface area contributed by atoms with Crippen LogP contribution in [-0.2, 0) is 0 Å². The number of hydrogen-bond acceptors (Lipinski definition) is 8. The molecule has 0 aliphatic heterocycles. The highest BCUT2D eigenvalue weighted by molar-refractivity contribution is 7.11. The minimum Gasteiger partial charge on any atom is -0.393 e. The summed E-state index contributed by atoms with van der Waals surface area (Å²) in [6.07, 6.45) is 7.08. The SMILES string of the molecule is C=NN/C=C(\C)c1nc(C(=O)Nc2cn([C@H]3CC[C@H](O)C3)nc2-c2ccccn2)cs1. The van der Waals surface area contributed by atoms with Gasteiger partial charge in [-0.1, -0.05) is 6.07 Å². The molecule has 3 heterocycles. The minimum absolute atomic E-state index is 0.0905. The summed E-state index contributed by atoms with van der Waals surface area (Å²) >= 11 is 1.37. The summed E-state index contributed by atoms with van der Waals surface area (Å²) in [7, 11) is 0. The third-order valence-electron chi connectivity index (χ3n) is 5.09. The van der Waals surface area contributed by atoms with Gasteiger partial charge in [-0.3, -0.25) is 19.9 Å². The van der Waals surface area contributed by atoms with Crippen LogP contribution in [0.2, 0.25) is 0 Å². The van der Waals surface area contributed by atoms with Crippen molar-refractivity contribution >= 4 is 35.2 Å². The van der Waals surface area contributed by atoms with E-state index in [1.54, 1.807) is 17.8 Å². The van der Waals surface area contributed by atoms with E-state index in [-0.39, 0.29) is 18.1 Å². The number of anilines is 1. The molecule has 0 saturated heterocycles. The molecule has 1 fully saturated rings. The number of hydrogen-bond donors (Lipinski definition) is 3.